The Balaban J connectivity index is 3.21. The highest BCUT2D eigenvalue weighted by atomic mass is 16.7. The smallest absolute Gasteiger partial charge is 0.154 e. The first-order valence-corrected chi connectivity index (χ1v) is 11.5. The van der Waals surface area contributed by atoms with Gasteiger partial charge < -0.3 is 38.6 Å². The van der Waals surface area contributed by atoms with Gasteiger partial charge in [-0.3, -0.25) is 0 Å². The Hall–Kier alpha value is -0.320. The summed E-state index contributed by atoms with van der Waals surface area (Å²) < 4.78 is 33.1. The van der Waals surface area contributed by atoms with Crippen molar-refractivity contribution in [2.45, 2.75) is 77.8 Å². The summed E-state index contributed by atoms with van der Waals surface area (Å²) in [4.78, 5) is 0. The predicted octanol–water partition coefficient (Wildman–Crippen LogP) is 2.88. The number of rotatable bonds is 25. The SMILES string of the molecule is CC(OCCCCCCO)OCCOCCOCCOC(C)OCCCCCCO. The molecule has 2 N–H and O–H groups in total. The summed E-state index contributed by atoms with van der Waals surface area (Å²) in [7, 11) is 0. The molecule has 0 aliphatic rings. The highest BCUT2D eigenvalue weighted by molar-refractivity contribution is 4.44. The van der Waals surface area contributed by atoms with E-state index in [0.29, 0.717) is 52.9 Å². The molecule has 0 fully saturated rings. The number of aliphatic hydroxyl groups excluding tert-OH is 2. The van der Waals surface area contributed by atoms with Crippen molar-refractivity contribution in [1.82, 2.24) is 0 Å². The third-order valence-corrected chi connectivity index (χ3v) is 4.34. The molecule has 0 bridgehead atoms. The van der Waals surface area contributed by atoms with E-state index in [1.54, 1.807) is 0 Å². The van der Waals surface area contributed by atoms with Gasteiger partial charge in [0.1, 0.15) is 0 Å². The molecule has 0 amide bonds. The van der Waals surface area contributed by atoms with Crippen molar-refractivity contribution >= 4 is 0 Å². The molecule has 0 aliphatic heterocycles. The lowest BCUT2D eigenvalue weighted by Gasteiger charge is -2.15. The first-order chi connectivity index (χ1) is 14.7. The lowest BCUT2D eigenvalue weighted by molar-refractivity contribution is -0.145. The molecule has 182 valence electrons. The van der Waals surface area contributed by atoms with E-state index in [1.165, 1.54) is 0 Å². The third kappa shape index (κ3) is 24.0. The third-order valence-electron chi connectivity index (χ3n) is 4.34. The van der Waals surface area contributed by atoms with E-state index in [-0.39, 0.29) is 25.8 Å². The van der Waals surface area contributed by atoms with Gasteiger partial charge >= 0.3 is 0 Å². The summed E-state index contributed by atoms with van der Waals surface area (Å²) in [5, 5.41) is 17.4. The van der Waals surface area contributed by atoms with E-state index >= 15 is 0 Å². The summed E-state index contributed by atoms with van der Waals surface area (Å²) >= 11 is 0. The molecule has 30 heavy (non-hydrogen) atoms. The molecule has 0 spiro atoms. The van der Waals surface area contributed by atoms with Crippen molar-refractivity contribution < 1.29 is 38.6 Å². The van der Waals surface area contributed by atoms with E-state index in [4.69, 9.17) is 38.6 Å². The average molecular weight is 439 g/mol. The van der Waals surface area contributed by atoms with Gasteiger partial charge in [-0.25, -0.2) is 0 Å². The fourth-order valence-corrected chi connectivity index (χ4v) is 2.60. The maximum Gasteiger partial charge on any atom is 0.154 e. The zero-order valence-corrected chi connectivity index (χ0v) is 19.2. The van der Waals surface area contributed by atoms with E-state index in [9.17, 15) is 0 Å². The van der Waals surface area contributed by atoms with Crippen molar-refractivity contribution in [2.24, 2.45) is 0 Å². The van der Waals surface area contributed by atoms with Crippen LogP contribution in [-0.4, -0.2) is 88.9 Å². The van der Waals surface area contributed by atoms with Gasteiger partial charge in [-0.05, 0) is 39.5 Å². The minimum atomic E-state index is -0.232. The Morgan fingerprint density at radius 3 is 1.17 bits per heavy atom. The second-order valence-corrected chi connectivity index (χ2v) is 7.12. The van der Waals surface area contributed by atoms with Crippen LogP contribution in [0.25, 0.3) is 0 Å². The molecule has 0 heterocycles. The summed E-state index contributed by atoms with van der Waals surface area (Å²) in [5.74, 6) is 0. The van der Waals surface area contributed by atoms with Gasteiger partial charge in [0.25, 0.3) is 0 Å². The van der Waals surface area contributed by atoms with Crippen molar-refractivity contribution in [3.63, 3.8) is 0 Å². The van der Waals surface area contributed by atoms with Gasteiger partial charge in [-0.15, -0.1) is 0 Å². The average Bonchev–Trinajstić information content (AvgIpc) is 2.74. The van der Waals surface area contributed by atoms with Crippen molar-refractivity contribution in [3.8, 4) is 0 Å². The number of ether oxygens (including phenoxy) is 6. The Bertz CT molecular complexity index is 290. The van der Waals surface area contributed by atoms with Gasteiger partial charge in [-0.2, -0.15) is 0 Å². The molecular weight excluding hydrogens is 392 g/mol. The quantitative estimate of drug-likeness (QED) is 0.166. The summed E-state index contributed by atoms with van der Waals surface area (Å²) in [5.41, 5.74) is 0. The van der Waals surface area contributed by atoms with Gasteiger partial charge in [0.05, 0.1) is 39.6 Å². The Morgan fingerprint density at radius 2 is 0.767 bits per heavy atom. The molecule has 0 radical (unpaired) electrons. The van der Waals surface area contributed by atoms with Crippen LogP contribution in [-0.2, 0) is 28.4 Å². The summed E-state index contributed by atoms with van der Waals surface area (Å²) in [6.45, 7) is 8.69. The molecule has 0 saturated heterocycles. The van der Waals surface area contributed by atoms with Crippen LogP contribution in [0.5, 0.6) is 0 Å². The van der Waals surface area contributed by atoms with Crippen LogP contribution in [0.15, 0.2) is 0 Å². The topological polar surface area (TPSA) is 95.8 Å². The Labute approximate surface area is 183 Å². The van der Waals surface area contributed by atoms with E-state index in [1.807, 2.05) is 13.8 Å². The van der Waals surface area contributed by atoms with Crippen molar-refractivity contribution in [3.05, 3.63) is 0 Å². The Kier molecular flexibility index (Phi) is 24.7. The maximum absolute atomic E-state index is 8.71. The first kappa shape index (κ1) is 29.7. The van der Waals surface area contributed by atoms with Crippen LogP contribution in [0.2, 0.25) is 0 Å². The lowest BCUT2D eigenvalue weighted by Crippen LogP contribution is -2.19. The van der Waals surface area contributed by atoms with Gasteiger partial charge in [0.2, 0.25) is 0 Å². The van der Waals surface area contributed by atoms with Crippen molar-refractivity contribution in [2.75, 3.05) is 66.1 Å². The van der Waals surface area contributed by atoms with Crippen molar-refractivity contribution in [1.29, 1.82) is 0 Å². The molecule has 2 atom stereocenters. The van der Waals surface area contributed by atoms with Crippen LogP contribution in [0.4, 0.5) is 0 Å². The second kappa shape index (κ2) is 24.9. The zero-order chi connectivity index (χ0) is 22.1. The summed E-state index contributed by atoms with van der Waals surface area (Å²) in [6, 6.07) is 0. The standard InChI is InChI=1S/C22H46O8/c1-21(27-13-9-5-3-7-11-23)29-19-17-25-15-16-26-18-20-30-22(2)28-14-10-6-4-8-12-24/h21-24H,3-20H2,1-2H3. The van der Waals surface area contributed by atoms with Gasteiger partial charge in [-0.1, -0.05) is 25.7 Å². The molecule has 8 heteroatoms. The van der Waals surface area contributed by atoms with E-state index in [0.717, 1.165) is 51.4 Å². The van der Waals surface area contributed by atoms with Crippen LogP contribution < -0.4 is 0 Å². The maximum atomic E-state index is 8.71. The molecule has 0 aromatic heterocycles. The number of hydrogen-bond donors (Lipinski definition) is 2. The molecule has 8 nitrogen and oxygen atoms in total. The molecule has 2 unspecified atom stereocenters. The van der Waals surface area contributed by atoms with Gasteiger partial charge in [0, 0.05) is 26.4 Å². The minimum Gasteiger partial charge on any atom is -0.396 e. The minimum absolute atomic E-state index is 0.232. The van der Waals surface area contributed by atoms with Crippen LogP contribution in [0, 0.1) is 0 Å². The van der Waals surface area contributed by atoms with Gasteiger partial charge in [0.15, 0.2) is 12.6 Å². The molecule has 0 saturated carbocycles. The largest absolute Gasteiger partial charge is 0.396 e. The first-order valence-electron chi connectivity index (χ1n) is 11.5. The number of aliphatic hydroxyl groups is 2. The molecule has 0 aliphatic carbocycles. The van der Waals surface area contributed by atoms with E-state index < -0.39 is 0 Å². The molecule has 0 rings (SSSR count). The molecule has 0 aromatic rings. The van der Waals surface area contributed by atoms with E-state index in [2.05, 4.69) is 0 Å². The Morgan fingerprint density at radius 1 is 0.433 bits per heavy atom. The normalized spacial score (nSPS) is 13.6. The second-order valence-electron chi connectivity index (χ2n) is 7.12. The van der Waals surface area contributed by atoms with Crippen LogP contribution in [0.1, 0.15) is 65.2 Å². The number of unbranched alkanes of at least 4 members (excludes halogenated alkanes) is 6. The predicted molar refractivity (Wildman–Crippen MR) is 115 cm³/mol. The van der Waals surface area contributed by atoms with Crippen LogP contribution >= 0.6 is 0 Å². The fourth-order valence-electron chi connectivity index (χ4n) is 2.60. The highest BCUT2D eigenvalue weighted by Gasteiger charge is 2.03. The fraction of sp³-hybridized carbons (Fsp3) is 1.00. The summed E-state index contributed by atoms with van der Waals surface area (Å²) in [6.07, 6.45) is 7.45. The number of hydrogen-bond acceptors (Lipinski definition) is 8. The molecular formula is C22H46O8. The highest BCUT2D eigenvalue weighted by Crippen LogP contribution is 2.03. The van der Waals surface area contributed by atoms with Crippen LogP contribution in [0.3, 0.4) is 0 Å². The lowest BCUT2D eigenvalue weighted by atomic mass is 10.2. The zero-order valence-electron chi connectivity index (χ0n) is 19.2. The monoisotopic (exact) mass is 438 g/mol. The molecule has 0 aromatic carbocycles.